The van der Waals surface area contributed by atoms with Crippen molar-refractivity contribution in [3.63, 3.8) is 0 Å². The molecule has 0 aromatic heterocycles. The molecule has 0 fully saturated rings. The Morgan fingerprint density at radius 2 is 1.52 bits per heavy atom. The van der Waals surface area contributed by atoms with Gasteiger partial charge in [0.05, 0.1) is 4.90 Å². The van der Waals surface area contributed by atoms with Crippen LogP contribution in [-0.4, -0.2) is 20.9 Å². The summed E-state index contributed by atoms with van der Waals surface area (Å²) in [6, 6.07) is 14.4. The molecule has 0 saturated heterocycles. The molecule has 6 heteroatoms. The molecule has 2 rings (SSSR count). The molecule has 0 radical (unpaired) electrons. The van der Waals surface area contributed by atoms with Gasteiger partial charge in [-0.15, -0.1) is 0 Å². The van der Waals surface area contributed by atoms with Crippen LogP contribution in [-0.2, 0) is 27.7 Å². The minimum absolute atomic E-state index is 0.0615. The first kappa shape index (κ1) is 19.1. The van der Waals surface area contributed by atoms with Gasteiger partial charge >= 0.3 is 0 Å². The Morgan fingerprint density at radius 1 is 0.920 bits per heavy atom. The molecule has 0 saturated carbocycles. The number of rotatable bonds is 8. The standard InChI is InChI=1S/C19H24N2O3S/c1-3-15-5-10-17(11-6-15)21-19(22)14-9-16-7-12-18(13-8-16)25(23,24)20-4-2/h5-8,10-13,20H,3-4,9,14H2,1-2H3,(H,21,22). The van der Waals surface area contributed by atoms with Gasteiger partial charge in [-0.2, -0.15) is 0 Å². The SMILES string of the molecule is CCNS(=O)(=O)c1ccc(CCC(=O)Nc2ccc(CC)cc2)cc1. The quantitative estimate of drug-likeness (QED) is 0.759. The van der Waals surface area contributed by atoms with Crippen molar-refractivity contribution >= 4 is 21.6 Å². The lowest BCUT2D eigenvalue weighted by atomic mass is 10.1. The lowest BCUT2D eigenvalue weighted by Gasteiger charge is -2.07. The van der Waals surface area contributed by atoms with Crippen molar-refractivity contribution in [1.82, 2.24) is 4.72 Å². The first-order valence-corrected chi connectivity index (χ1v) is 9.90. The van der Waals surface area contributed by atoms with E-state index in [1.807, 2.05) is 24.3 Å². The largest absolute Gasteiger partial charge is 0.326 e. The molecule has 0 spiro atoms. The Balaban J connectivity index is 1.89. The summed E-state index contributed by atoms with van der Waals surface area (Å²) < 4.78 is 26.2. The molecule has 0 atom stereocenters. The maximum atomic E-state index is 12.0. The average molecular weight is 360 g/mol. The van der Waals surface area contributed by atoms with E-state index in [0.29, 0.717) is 19.4 Å². The zero-order chi connectivity index (χ0) is 18.3. The highest BCUT2D eigenvalue weighted by molar-refractivity contribution is 7.89. The second-order valence-electron chi connectivity index (χ2n) is 5.74. The minimum Gasteiger partial charge on any atom is -0.326 e. The number of hydrogen-bond acceptors (Lipinski definition) is 3. The highest BCUT2D eigenvalue weighted by Gasteiger charge is 2.12. The van der Waals surface area contributed by atoms with Gasteiger partial charge in [0.15, 0.2) is 0 Å². The number of hydrogen-bond donors (Lipinski definition) is 2. The maximum absolute atomic E-state index is 12.0. The molecule has 25 heavy (non-hydrogen) atoms. The number of nitrogens with one attached hydrogen (secondary N) is 2. The third kappa shape index (κ3) is 5.69. The summed E-state index contributed by atoms with van der Waals surface area (Å²) in [5, 5.41) is 2.87. The van der Waals surface area contributed by atoms with E-state index in [4.69, 9.17) is 0 Å². The zero-order valence-electron chi connectivity index (χ0n) is 14.6. The van der Waals surface area contributed by atoms with Gasteiger partial charge in [-0.05, 0) is 48.2 Å². The summed E-state index contributed by atoms with van der Waals surface area (Å²) in [6.45, 7) is 4.17. The number of carbonyl (C=O) groups excluding carboxylic acids is 1. The Kier molecular flexibility index (Phi) is 6.73. The van der Waals surface area contributed by atoms with Crippen molar-refractivity contribution in [2.24, 2.45) is 0 Å². The van der Waals surface area contributed by atoms with Gasteiger partial charge in [-0.25, -0.2) is 13.1 Å². The predicted octanol–water partition coefficient (Wildman–Crippen LogP) is 3.12. The molecular formula is C19H24N2O3S. The third-order valence-electron chi connectivity index (χ3n) is 3.85. The van der Waals surface area contributed by atoms with Gasteiger partial charge in [-0.3, -0.25) is 4.79 Å². The van der Waals surface area contributed by atoms with E-state index in [1.54, 1.807) is 31.2 Å². The van der Waals surface area contributed by atoms with E-state index in [1.165, 1.54) is 5.56 Å². The van der Waals surface area contributed by atoms with Gasteiger partial charge in [0.1, 0.15) is 0 Å². The molecule has 0 unspecified atom stereocenters. The lowest BCUT2D eigenvalue weighted by Crippen LogP contribution is -2.23. The molecule has 0 aliphatic heterocycles. The topological polar surface area (TPSA) is 75.3 Å². The number of anilines is 1. The molecule has 2 aromatic rings. The molecule has 0 heterocycles. The minimum atomic E-state index is -3.43. The smallest absolute Gasteiger partial charge is 0.240 e. The molecule has 0 aliphatic rings. The van der Waals surface area contributed by atoms with Crippen LogP contribution in [0.15, 0.2) is 53.4 Å². The fraction of sp³-hybridized carbons (Fsp3) is 0.316. The van der Waals surface area contributed by atoms with Crippen LogP contribution in [0.2, 0.25) is 0 Å². The molecule has 2 aromatic carbocycles. The molecule has 0 bridgehead atoms. The second kappa shape index (κ2) is 8.78. The maximum Gasteiger partial charge on any atom is 0.240 e. The molecule has 5 nitrogen and oxygen atoms in total. The molecule has 1 amide bonds. The highest BCUT2D eigenvalue weighted by Crippen LogP contribution is 2.13. The zero-order valence-corrected chi connectivity index (χ0v) is 15.4. The Morgan fingerprint density at radius 3 is 2.08 bits per heavy atom. The van der Waals surface area contributed by atoms with E-state index in [9.17, 15) is 13.2 Å². The first-order chi connectivity index (χ1) is 11.9. The van der Waals surface area contributed by atoms with Crippen LogP contribution in [0.1, 0.15) is 31.4 Å². The van der Waals surface area contributed by atoms with Crippen molar-refractivity contribution in [1.29, 1.82) is 0 Å². The molecule has 0 aliphatic carbocycles. The van der Waals surface area contributed by atoms with Crippen LogP contribution in [0.4, 0.5) is 5.69 Å². The first-order valence-electron chi connectivity index (χ1n) is 8.42. The van der Waals surface area contributed by atoms with E-state index in [0.717, 1.165) is 17.7 Å². The summed E-state index contributed by atoms with van der Waals surface area (Å²) in [7, 11) is -3.43. The van der Waals surface area contributed by atoms with E-state index in [2.05, 4.69) is 17.0 Å². The summed E-state index contributed by atoms with van der Waals surface area (Å²) in [5.74, 6) is -0.0615. The Labute approximate surface area is 149 Å². The number of sulfonamides is 1. The highest BCUT2D eigenvalue weighted by atomic mass is 32.2. The number of aryl methyl sites for hydroxylation is 2. The lowest BCUT2D eigenvalue weighted by molar-refractivity contribution is -0.116. The van der Waals surface area contributed by atoms with Crippen LogP contribution in [0.25, 0.3) is 0 Å². The summed E-state index contributed by atoms with van der Waals surface area (Å²) in [4.78, 5) is 12.3. The van der Waals surface area contributed by atoms with Gasteiger partial charge in [-0.1, -0.05) is 38.1 Å². The van der Waals surface area contributed by atoms with Crippen LogP contribution in [0.3, 0.4) is 0 Å². The van der Waals surface area contributed by atoms with E-state index < -0.39 is 10.0 Å². The molecule has 134 valence electrons. The predicted molar refractivity (Wildman–Crippen MR) is 100 cm³/mol. The van der Waals surface area contributed by atoms with E-state index >= 15 is 0 Å². The van der Waals surface area contributed by atoms with Gasteiger partial charge in [0.2, 0.25) is 15.9 Å². The Hall–Kier alpha value is -2.18. The van der Waals surface area contributed by atoms with Gasteiger partial charge < -0.3 is 5.32 Å². The summed E-state index contributed by atoms with van der Waals surface area (Å²) >= 11 is 0. The average Bonchev–Trinajstić information content (AvgIpc) is 2.61. The van der Waals surface area contributed by atoms with Crippen molar-refractivity contribution in [3.05, 3.63) is 59.7 Å². The molecule has 2 N–H and O–H groups in total. The number of amides is 1. The number of carbonyl (C=O) groups is 1. The van der Waals surface area contributed by atoms with Gasteiger partial charge in [0, 0.05) is 18.7 Å². The van der Waals surface area contributed by atoms with Crippen molar-refractivity contribution < 1.29 is 13.2 Å². The Bertz CT molecular complexity index is 798. The van der Waals surface area contributed by atoms with Crippen LogP contribution >= 0.6 is 0 Å². The van der Waals surface area contributed by atoms with Crippen LogP contribution in [0.5, 0.6) is 0 Å². The van der Waals surface area contributed by atoms with Gasteiger partial charge in [0.25, 0.3) is 0 Å². The third-order valence-corrected chi connectivity index (χ3v) is 5.42. The van der Waals surface area contributed by atoms with Crippen LogP contribution in [0, 0.1) is 0 Å². The summed E-state index contributed by atoms with van der Waals surface area (Å²) in [6.07, 6.45) is 1.86. The summed E-state index contributed by atoms with van der Waals surface area (Å²) in [5.41, 5.74) is 2.94. The van der Waals surface area contributed by atoms with E-state index in [-0.39, 0.29) is 10.8 Å². The monoisotopic (exact) mass is 360 g/mol. The fourth-order valence-electron chi connectivity index (χ4n) is 2.41. The number of benzene rings is 2. The van der Waals surface area contributed by atoms with Crippen molar-refractivity contribution in [2.45, 2.75) is 38.0 Å². The normalized spacial score (nSPS) is 11.3. The van der Waals surface area contributed by atoms with Crippen molar-refractivity contribution in [2.75, 3.05) is 11.9 Å². The molecular weight excluding hydrogens is 336 g/mol. The van der Waals surface area contributed by atoms with Crippen molar-refractivity contribution in [3.8, 4) is 0 Å². The van der Waals surface area contributed by atoms with Crippen LogP contribution < -0.4 is 10.0 Å². The fourth-order valence-corrected chi connectivity index (χ4v) is 3.45. The second-order valence-corrected chi connectivity index (χ2v) is 7.51.